The first kappa shape index (κ1) is 26.4. The van der Waals surface area contributed by atoms with E-state index in [1.54, 1.807) is 54.6 Å². The molecule has 0 radical (unpaired) electrons. The van der Waals surface area contributed by atoms with Gasteiger partial charge in [-0.05, 0) is 64.0 Å². The van der Waals surface area contributed by atoms with Crippen LogP contribution >= 0.6 is 15.9 Å². The predicted octanol–water partition coefficient (Wildman–Crippen LogP) is 4.01. The zero-order valence-electron chi connectivity index (χ0n) is 20.2. The molecule has 10 nitrogen and oxygen atoms in total. The smallest absolute Gasteiger partial charge is 0.329 e. The molecule has 38 heavy (non-hydrogen) atoms. The van der Waals surface area contributed by atoms with Gasteiger partial charge >= 0.3 is 6.03 Å². The molecule has 0 unspecified atom stereocenters. The molecule has 5 amide bonds. The van der Waals surface area contributed by atoms with E-state index in [9.17, 15) is 19.2 Å². The van der Waals surface area contributed by atoms with Crippen LogP contribution in [0.25, 0.3) is 6.08 Å². The van der Waals surface area contributed by atoms with E-state index in [1.165, 1.54) is 13.2 Å². The molecule has 1 heterocycles. The van der Waals surface area contributed by atoms with Crippen molar-refractivity contribution >= 4 is 57.1 Å². The summed E-state index contributed by atoms with van der Waals surface area (Å²) in [6, 6.07) is 20.1. The van der Waals surface area contributed by atoms with Crippen molar-refractivity contribution in [2.45, 2.75) is 0 Å². The molecule has 3 aromatic carbocycles. The zero-order chi connectivity index (χ0) is 27.1. The lowest BCUT2D eigenvalue weighted by Gasteiger charge is -2.13. The summed E-state index contributed by atoms with van der Waals surface area (Å²) in [5, 5.41) is 7.85. The summed E-state index contributed by atoms with van der Waals surface area (Å²) in [5.41, 5.74) is 1.69. The van der Waals surface area contributed by atoms with Crippen molar-refractivity contribution < 1.29 is 28.7 Å². The van der Waals surface area contributed by atoms with Gasteiger partial charge in [-0.1, -0.05) is 36.4 Å². The number of hydrogen-bond donors (Lipinski definition) is 3. The van der Waals surface area contributed by atoms with Crippen molar-refractivity contribution in [3.05, 3.63) is 88.5 Å². The number of carbonyl (C=O) groups excluding carboxylic acids is 4. The zero-order valence-corrected chi connectivity index (χ0v) is 21.8. The molecule has 3 N–H and O–H groups in total. The Morgan fingerprint density at radius 3 is 2.42 bits per heavy atom. The summed E-state index contributed by atoms with van der Waals surface area (Å²) in [7, 11) is 1.47. The Bertz CT molecular complexity index is 1410. The third-order valence-corrected chi connectivity index (χ3v) is 5.95. The van der Waals surface area contributed by atoms with Crippen molar-refractivity contribution in [1.29, 1.82) is 0 Å². The van der Waals surface area contributed by atoms with Gasteiger partial charge in [0.15, 0.2) is 6.61 Å². The van der Waals surface area contributed by atoms with Crippen LogP contribution in [0.2, 0.25) is 0 Å². The molecule has 0 saturated carbocycles. The van der Waals surface area contributed by atoms with Gasteiger partial charge in [0.05, 0.1) is 17.3 Å². The lowest BCUT2D eigenvalue weighted by Crippen LogP contribution is -2.38. The number of para-hydroxylation sites is 3. The maximum absolute atomic E-state index is 12.8. The molecule has 11 heteroatoms. The van der Waals surface area contributed by atoms with Crippen molar-refractivity contribution in [2.75, 3.05) is 30.9 Å². The normalized spacial score (nSPS) is 13.7. The second kappa shape index (κ2) is 12.1. The number of rotatable bonds is 9. The Hall–Kier alpha value is -4.64. The fraction of sp³-hybridized carbons (Fsp3) is 0.111. The summed E-state index contributed by atoms with van der Waals surface area (Å²) in [5.74, 6) is -0.636. The van der Waals surface area contributed by atoms with Crippen molar-refractivity contribution in [2.24, 2.45) is 0 Å². The minimum absolute atomic E-state index is 0.0166. The topological polar surface area (TPSA) is 126 Å². The predicted molar refractivity (Wildman–Crippen MR) is 145 cm³/mol. The quantitative estimate of drug-likeness (QED) is 0.260. The number of nitrogens with one attached hydrogen (secondary N) is 3. The highest BCUT2D eigenvalue weighted by Gasteiger charge is 2.35. The summed E-state index contributed by atoms with van der Waals surface area (Å²) < 4.78 is 11.3. The third kappa shape index (κ3) is 6.56. The van der Waals surface area contributed by atoms with Gasteiger partial charge in [0.2, 0.25) is 5.91 Å². The molecule has 1 fully saturated rings. The van der Waals surface area contributed by atoms with Gasteiger partial charge in [-0.15, -0.1) is 0 Å². The van der Waals surface area contributed by atoms with E-state index in [0.717, 1.165) is 4.90 Å². The molecule has 3 aromatic rings. The average molecular weight is 579 g/mol. The summed E-state index contributed by atoms with van der Waals surface area (Å²) in [6.07, 6.45) is 1.48. The second-order valence-electron chi connectivity index (χ2n) is 8.02. The first-order valence-corrected chi connectivity index (χ1v) is 12.2. The van der Waals surface area contributed by atoms with Gasteiger partial charge in [-0.3, -0.25) is 14.4 Å². The van der Waals surface area contributed by atoms with E-state index in [0.29, 0.717) is 32.9 Å². The number of methoxy groups -OCH3 is 1. The van der Waals surface area contributed by atoms with Gasteiger partial charge < -0.3 is 25.4 Å². The number of anilines is 2. The number of urea groups is 1. The van der Waals surface area contributed by atoms with Crippen LogP contribution in [0, 0.1) is 0 Å². The average Bonchev–Trinajstić information content (AvgIpc) is 3.16. The number of ether oxygens (including phenoxy) is 2. The van der Waals surface area contributed by atoms with Gasteiger partial charge in [0.1, 0.15) is 23.7 Å². The molecule has 0 atom stereocenters. The highest BCUT2D eigenvalue weighted by atomic mass is 79.9. The van der Waals surface area contributed by atoms with Crippen LogP contribution in [0.1, 0.15) is 5.56 Å². The van der Waals surface area contributed by atoms with Gasteiger partial charge in [0.25, 0.3) is 11.8 Å². The Labute approximate surface area is 226 Å². The van der Waals surface area contributed by atoms with Crippen LogP contribution in [-0.4, -0.2) is 48.9 Å². The summed E-state index contributed by atoms with van der Waals surface area (Å²) in [6.45, 7) is -0.671. The fourth-order valence-electron chi connectivity index (χ4n) is 3.55. The van der Waals surface area contributed by atoms with E-state index in [-0.39, 0.29) is 18.2 Å². The Balaban J connectivity index is 1.36. The van der Waals surface area contributed by atoms with Gasteiger partial charge in [-0.2, -0.15) is 0 Å². The van der Waals surface area contributed by atoms with Crippen molar-refractivity contribution in [3.63, 3.8) is 0 Å². The van der Waals surface area contributed by atoms with Crippen LogP contribution in [0.4, 0.5) is 16.2 Å². The van der Waals surface area contributed by atoms with E-state index in [4.69, 9.17) is 9.47 Å². The lowest BCUT2D eigenvalue weighted by atomic mass is 10.2. The number of halogens is 1. The molecule has 0 aromatic heterocycles. The number of benzene rings is 3. The van der Waals surface area contributed by atoms with Crippen LogP contribution < -0.4 is 25.4 Å². The summed E-state index contributed by atoms with van der Waals surface area (Å²) >= 11 is 3.40. The first-order valence-electron chi connectivity index (χ1n) is 11.4. The maximum Gasteiger partial charge on any atom is 0.329 e. The summed E-state index contributed by atoms with van der Waals surface area (Å²) in [4.78, 5) is 50.6. The van der Waals surface area contributed by atoms with Crippen LogP contribution in [0.15, 0.2) is 83.0 Å². The van der Waals surface area contributed by atoms with E-state index >= 15 is 0 Å². The fourth-order valence-corrected chi connectivity index (χ4v) is 4.06. The molecular formula is C27H23BrN4O6. The van der Waals surface area contributed by atoms with Crippen LogP contribution in [0.5, 0.6) is 11.5 Å². The molecule has 1 aliphatic heterocycles. The molecule has 0 spiro atoms. The molecule has 0 aliphatic carbocycles. The molecule has 1 saturated heterocycles. The lowest BCUT2D eigenvalue weighted by molar-refractivity contribution is -0.127. The van der Waals surface area contributed by atoms with E-state index in [2.05, 4.69) is 31.9 Å². The second-order valence-corrected chi connectivity index (χ2v) is 8.87. The minimum Gasteiger partial charge on any atom is -0.495 e. The van der Waals surface area contributed by atoms with E-state index in [1.807, 2.05) is 18.2 Å². The van der Waals surface area contributed by atoms with Gasteiger partial charge in [0, 0.05) is 5.69 Å². The number of nitrogens with zero attached hydrogens (tertiary/aromatic N) is 1. The van der Waals surface area contributed by atoms with Gasteiger partial charge in [-0.25, -0.2) is 9.69 Å². The Kier molecular flexibility index (Phi) is 8.39. The monoisotopic (exact) mass is 578 g/mol. The van der Waals surface area contributed by atoms with Crippen LogP contribution in [-0.2, 0) is 14.4 Å². The SMILES string of the molecule is COc1ccccc1NC(=O)CN1C(=O)N/C(=C/c2ccc(OCC(=O)Nc3ccccc3)c(Br)c2)C1=O. The van der Waals surface area contributed by atoms with Crippen molar-refractivity contribution in [1.82, 2.24) is 10.2 Å². The Morgan fingerprint density at radius 1 is 0.947 bits per heavy atom. The van der Waals surface area contributed by atoms with Crippen LogP contribution in [0.3, 0.4) is 0 Å². The molecule has 1 aliphatic rings. The molecule has 194 valence electrons. The van der Waals surface area contributed by atoms with E-state index < -0.39 is 24.4 Å². The number of amides is 5. The molecule has 0 bridgehead atoms. The highest BCUT2D eigenvalue weighted by molar-refractivity contribution is 9.10. The first-order chi connectivity index (χ1) is 18.3. The van der Waals surface area contributed by atoms with Crippen molar-refractivity contribution in [3.8, 4) is 11.5 Å². The number of imide groups is 1. The Morgan fingerprint density at radius 2 is 1.68 bits per heavy atom. The number of carbonyl (C=O) groups is 4. The minimum atomic E-state index is -0.708. The molecule has 4 rings (SSSR count). The highest BCUT2D eigenvalue weighted by Crippen LogP contribution is 2.28. The number of hydrogen-bond acceptors (Lipinski definition) is 6. The molecular weight excluding hydrogens is 556 g/mol. The third-order valence-electron chi connectivity index (χ3n) is 5.33. The standard InChI is InChI=1S/C27H23BrN4O6/c1-37-23-10-6-5-9-20(23)30-24(33)15-32-26(35)21(31-27(32)36)14-17-11-12-22(19(28)13-17)38-16-25(34)29-18-7-3-2-4-8-18/h2-14H,15-16H2,1H3,(H,29,34)(H,30,33)(H,31,36)/b21-14+. The maximum atomic E-state index is 12.8. The largest absolute Gasteiger partial charge is 0.495 e.